The van der Waals surface area contributed by atoms with Crippen LogP contribution < -0.4 is 10.6 Å². The van der Waals surface area contributed by atoms with Crippen LogP contribution in [0.25, 0.3) is 0 Å². The summed E-state index contributed by atoms with van der Waals surface area (Å²) in [6, 6.07) is 2.21. The van der Waals surface area contributed by atoms with Gasteiger partial charge in [0.25, 0.3) is 0 Å². The Labute approximate surface area is 119 Å². The van der Waals surface area contributed by atoms with Crippen LogP contribution >= 0.6 is 27.3 Å². The Morgan fingerprint density at radius 3 is 2.61 bits per heavy atom. The number of nitrogens with zero attached hydrogens (tertiary/aromatic N) is 2. The molecule has 2 aromatic heterocycles. The van der Waals surface area contributed by atoms with Crippen molar-refractivity contribution in [2.24, 2.45) is 0 Å². The second-order valence-corrected chi connectivity index (χ2v) is 6.07. The van der Waals surface area contributed by atoms with Crippen molar-refractivity contribution in [2.75, 3.05) is 17.7 Å². The van der Waals surface area contributed by atoms with E-state index in [4.69, 9.17) is 0 Å². The van der Waals surface area contributed by atoms with Gasteiger partial charge in [0.1, 0.15) is 22.4 Å². The highest BCUT2D eigenvalue weighted by Gasteiger charge is 2.08. The van der Waals surface area contributed by atoms with E-state index in [1.807, 2.05) is 18.4 Å². The lowest BCUT2D eigenvalue weighted by Crippen LogP contribution is -2.03. The smallest absolute Gasteiger partial charge is 0.146 e. The second kappa shape index (κ2) is 5.67. The highest BCUT2D eigenvalue weighted by molar-refractivity contribution is 9.10. The highest BCUT2D eigenvalue weighted by Crippen LogP contribution is 2.27. The van der Waals surface area contributed by atoms with Gasteiger partial charge in [0.05, 0.1) is 6.54 Å². The predicted molar refractivity (Wildman–Crippen MR) is 80.4 cm³/mol. The molecule has 0 spiro atoms. The molecule has 0 saturated carbocycles. The third-order valence-electron chi connectivity index (χ3n) is 2.67. The van der Waals surface area contributed by atoms with Crippen LogP contribution in [0.15, 0.2) is 16.9 Å². The molecule has 2 N–H and O–H groups in total. The zero-order chi connectivity index (χ0) is 13.1. The van der Waals surface area contributed by atoms with E-state index in [1.165, 1.54) is 15.3 Å². The molecule has 0 atom stereocenters. The Morgan fingerprint density at radius 2 is 2.00 bits per heavy atom. The summed E-state index contributed by atoms with van der Waals surface area (Å²) in [6.07, 6.45) is 1.55. The minimum atomic E-state index is 0.776. The summed E-state index contributed by atoms with van der Waals surface area (Å²) in [5, 5.41) is 6.33. The Bertz CT molecular complexity index is 534. The Balaban J connectivity index is 2.10. The summed E-state index contributed by atoms with van der Waals surface area (Å²) in [6.45, 7) is 5.05. The summed E-state index contributed by atoms with van der Waals surface area (Å²) < 4.78 is 0.859. The van der Waals surface area contributed by atoms with Gasteiger partial charge in [0.15, 0.2) is 0 Å². The molecule has 2 rings (SSSR count). The lowest BCUT2D eigenvalue weighted by Gasteiger charge is -2.08. The number of hydrogen-bond donors (Lipinski definition) is 2. The zero-order valence-electron chi connectivity index (χ0n) is 10.5. The van der Waals surface area contributed by atoms with Gasteiger partial charge in [-0.25, -0.2) is 9.97 Å². The molecular formula is C12H15BrN4S. The predicted octanol–water partition coefficient (Wildman–Crippen LogP) is 3.57. The van der Waals surface area contributed by atoms with Crippen LogP contribution in [0.5, 0.6) is 0 Å². The van der Waals surface area contributed by atoms with E-state index in [9.17, 15) is 0 Å². The summed E-state index contributed by atoms with van der Waals surface area (Å²) >= 11 is 5.30. The van der Waals surface area contributed by atoms with Gasteiger partial charge >= 0.3 is 0 Å². The van der Waals surface area contributed by atoms with Gasteiger partial charge in [0.2, 0.25) is 0 Å². The summed E-state index contributed by atoms with van der Waals surface area (Å²) in [4.78, 5) is 11.0. The Morgan fingerprint density at radius 1 is 1.28 bits per heavy atom. The maximum absolute atomic E-state index is 4.23. The fourth-order valence-electron chi connectivity index (χ4n) is 1.58. The van der Waals surface area contributed by atoms with Gasteiger partial charge in [0, 0.05) is 16.8 Å². The van der Waals surface area contributed by atoms with Crippen molar-refractivity contribution in [2.45, 2.75) is 20.4 Å². The number of nitrogens with one attached hydrogen (secondary N) is 2. The van der Waals surface area contributed by atoms with Gasteiger partial charge in [-0.05, 0) is 41.4 Å². The Kier molecular flexibility index (Phi) is 4.19. The fourth-order valence-corrected chi connectivity index (χ4v) is 3.11. The SMILES string of the molecule is CNc1ncnc(NCc2cc(C)c(C)s2)c1Br. The number of aromatic nitrogens is 2. The van der Waals surface area contributed by atoms with Crippen molar-refractivity contribution in [3.05, 3.63) is 32.2 Å². The molecule has 0 saturated heterocycles. The number of rotatable bonds is 4. The van der Waals surface area contributed by atoms with Crippen molar-refractivity contribution in [3.8, 4) is 0 Å². The maximum atomic E-state index is 4.23. The molecule has 2 heterocycles. The molecule has 0 bridgehead atoms. The third kappa shape index (κ3) is 2.81. The molecular weight excluding hydrogens is 312 g/mol. The van der Waals surface area contributed by atoms with Crippen molar-refractivity contribution in [3.63, 3.8) is 0 Å². The molecule has 0 aliphatic rings. The molecule has 0 radical (unpaired) electrons. The van der Waals surface area contributed by atoms with Gasteiger partial charge in [-0.15, -0.1) is 11.3 Å². The van der Waals surface area contributed by atoms with Crippen molar-refractivity contribution >= 4 is 38.9 Å². The fraction of sp³-hybridized carbons (Fsp3) is 0.333. The minimum absolute atomic E-state index is 0.776. The largest absolute Gasteiger partial charge is 0.372 e. The van der Waals surface area contributed by atoms with E-state index in [1.54, 1.807) is 6.33 Å². The molecule has 2 aromatic rings. The van der Waals surface area contributed by atoms with Gasteiger partial charge in [-0.2, -0.15) is 0 Å². The normalized spacial score (nSPS) is 10.4. The first kappa shape index (κ1) is 13.3. The minimum Gasteiger partial charge on any atom is -0.372 e. The lowest BCUT2D eigenvalue weighted by molar-refractivity contribution is 1.08. The molecule has 6 heteroatoms. The third-order valence-corrected chi connectivity index (χ3v) is 4.58. The number of thiophene rings is 1. The van der Waals surface area contributed by atoms with E-state index in [0.29, 0.717) is 0 Å². The second-order valence-electron chi connectivity index (χ2n) is 3.94. The molecule has 0 aliphatic carbocycles. The van der Waals surface area contributed by atoms with Gasteiger partial charge < -0.3 is 10.6 Å². The van der Waals surface area contributed by atoms with Gasteiger partial charge in [-0.3, -0.25) is 0 Å². The maximum Gasteiger partial charge on any atom is 0.146 e. The van der Waals surface area contributed by atoms with E-state index >= 15 is 0 Å². The molecule has 0 fully saturated rings. The van der Waals surface area contributed by atoms with Crippen molar-refractivity contribution in [1.29, 1.82) is 0 Å². The monoisotopic (exact) mass is 326 g/mol. The number of halogens is 1. The lowest BCUT2D eigenvalue weighted by atomic mass is 10.3. The van der Waals surface area contributed by atoms with Crippen molar-refractivity contribution < 1.29 is 0 Å². The highest BCUT2D eigenvalue weighted by atomic mass is 79.9. The van der Waals surface area contributed by atoms with Crippen LogP contribution in [-0.4, -0.2) is 17.0 Å². The number of anilines is 2. The summed E-state index contributed by atoms with van der Waals surface area (Å²) in [5.74, 6) is 1.59. The van der Waals surface area contributed by atoms with E-state index in [-0.39, 0.29) is 0 Å². The quantitative estimate of drug-likeness (QED) is 0.901. The van der Waals surface area contributed by atoms with Crippen LogP contribution in [0.1, 0.15) is 15.3 Å². The molecule has 0 aliphatic heterocycles. The van der Waals surface area contributed by atoms with Crippen LogP contribution in [-0.2, 0) is 6.54 Å². The molecule has 18 heavy (non-hydrogen) atoms. The summed E-state index contributed by atoms with van der Waals surface area (Å²) in [7, 11) is 1.84. The molecule has 4 nitrogen and oxygen atoms in total. The number of hydrogen-bond acceptors (Lipinski definition) is 5. The van der Waals surface area contributed by atoms with Crippen LogP contribution in [0, 0.1) is 13.8 Å². The molecule has 0 aromatic carbocycles. The first-order chi connectivity index (χ1) is 8.61. The van der Waals surface area contributed by atoms with Crippen molar-refractivity contribution in [1.82, 2.24) is 9.97 Å². The number of aryl methyl sites for hydroxylation is 2. The average molecular weight is 327 g/mol. The molecule has 0 amide bonds. The van der Waals surface area contributed by atoms with Crippen LogP contribution in [0.4, 0.5) is 11.6 Å². The first-order valence-electron chi connectivity index (χ1n) is 5.60. The van der Waals surface area contributed by atoms with Crippen LogP contribution in [0.2, 0.25) is 0 Å². The van der Waals surface area contributed by atoms with Crippen LogP contribution in [0.3, 0.4) is 0 Å². The summed E-state index contributed by atoms with van der Waals surface area (Å²) in [5.41, 5.74) is 1.34. The van der Waals surface area contributed by atoms with E-state index < -0.39 is 0 Å². The Hall–Kier alpha value is -1.14. The van der Waals surface area contributed by atoms with E-state index in [2.05, 4.69) is 56.4 Å². The molecule has 96 valence electrons. The first-order valence-corrected chi connectivity index (χ1v) is 7.20. The van der Waals surface area contributed by atoms with Gasteiger partial charge in [-0.1, -0.05) is 0 Å². The topological polar surface area (TPSA) is 49.8 Å². The molecule has 0 unspecified atom stereocenters. The standard InChI is InChI=1S/C12H15BrN4S/c1-7-4-9(18-8(7)2)5-15-12-10(13)11(14-3)16-6-17-12/h4,6H,5H2,1-3H3,(H2,14,15,16,17). The average Bonchev–Trinajstić information content (AvgIpc) is 2.67. The zero-order valence-corrected chi connectivity index (χ0v) is 12.9. The van der Waals surface area contributed by atoms with E-state index in [0.717, 1.165) is 22.7 Å².